The molecule has 2 heterocycles. The zero-order valence-electron chi connectivity index (χ0n) is 11.4. The van der Waals surface area contributed by atoms with Gasteiger partial charge in [0.25, 0.3) is 0 Å². The highest BCUT2D eigenvalue weighted by Gasteiger charge is 2.27. The fourth-order valence-electron chi connectivity index (χ4n) is 2.45. The van der Waals surface area contributed by atoms with Crippen LogP contribution in [0.3, 0.4) is 0 Å². The van der Waals surface area contributed by atoms with E-state index < -0.39 is 10.0 Å². The van der Waals surface area contributed by atoms with Gasteiger partial charge in [-0.3, -0.25) is 0 Å². The predicted octanol–water partition coefficient (Wildman–Crippen LogP) is 1.54. The smallest absolute Gasteiger partial charge is 0.218 e. The maximum absolute atomic E-state index is 12.5. The number of fused-ring (bicyclic) bond motifs is 1. The van der Waals surface area contributed by atoms with E-state index in [9.17, 15) is 8.42 Å². The first-order chi connectivity index (χ1) is 9.56. The minimum absolute atomic E-state index is 0.0559. The number of hydrogen-bond acceptors (Lipinski definition) is 3. The van der Waals surface area contributed by atoms with E-state index in [1.807, 2.05) is 42.0 Å². The molecule has 0 unspecified atom stereocenters. The molecule has 0 spiro atoms. The lowest BCUT2D eigenvalue weighted by molar-refractivity contribution is 0.335. The van der Waals surface area contributed by atoms with E-state index >= 15 is 0 Å². The van der Waals surface area contributed by atoms with Gasteiger partial charge >= 0.3 is 0 Å². The van der Waals surface area contributed by atoms with E-state index in [-0.39, 0.29) is 5.75 Å². The van der Waals surface area contributed by atoms with Gasteiger partial charge in [0, 0.05) is 25.5 Å². The van der Waals surface area contributed by atoms with Gasteiger partial charge in [0.2, 0.25) is 10.0 Å². The highest BCUT2D eigenvalue weighted by Crippen LogP contribution is 2.19. The van der Waals surface area contributed by atoms with Crippen LogP contribution in [-0.4, -0.2) is 28.8 Å². The molecular formula is C14H17N3O2S. The average molecular weight is 291 g/mol. The van der Waals surface area contributed by atoms with Crippen LogP contribution in [0.2, 0.25) is 0 Å². The fraction of sp³-hybridized carbons (Fsp3) is 0.357. The molecule has 20 heavy (non-hydrogen) atoms. The maximum atomic E-state index is 12.5. The standard InChI is InChI=1S/C14H17N3O2S/c1-12-4-2-3-5-13(12)11-20(18,19)17-9-8-16-7-6-15-14(16)10-17/h2-7H,8-11H2,1H3. The molecule has 0 N–H and O–H groups in total. The number of aromatic nitrogens is 2. The van der Waals surface area contributed by atoms with Gasteiger partial charge in [0.15, 0.2) is 0 Å². The summed E-state index contributed by atoms with van der Waals surface area (Å²) in [6.45, 7) is 3.48. The van der Waals surface area contributed by atoms with E-state index in [0.29, 0.717) is 19.6 Å². The van der Waals surface area contributed by atoms with Gasteiger partial charge in [-0.15, -0.1) is 0 Å². The molecule has 106 valence electrons. The van der Waals surface area contributed by atoms with Crippen LogP contribution in [0, 0.1) is 6.92 Å². The minimum atomic E-state index is -3.30. The summed E-state index contributed by atoms with van der Waals surface area (Å²) < 4.78 is 28.6. The van der Waals surface area contributed by atoms with Gasteiger partial charge < -0.3 is 4.57 Å². The van der Waals surface area contributed by atoms with Gasteiger partial charge in [-0.05, 0) is 18.1 Å². The first-order valence-corrected chi connectivity index (χ1v) is 8.19. The molecule has 1 aromatic heterocycles. The van der Waals surface area contributed by atoms with Crippen LogP contribution >= 0.6 is 0 Å². The van der Waals surface area contributed by atoms with E-state index in [1.54, 1.807) is 6.20 Å². The summed E-state index contributed by atoms with van der Waals surface area (Å²) >= 11 is 0. The van der Waals surface area contributed by atoms with Crippen LogP contribution in [0.25, 0.3) is 0 Å². The number of aryl methyl sites for hydroxylation is 1. The molecule has 0 fully saturated rings. The first-order valence-electron chi connectivity index (χ1n) is 6.58. The van der Waals surface area contributed by atoms with Crippen LogP contribution in [0.15, 0.2) is 36.7 Å². The van der Waals surface area contributed by atoms with Crippen molar-refractivity contribution >= 4 is 10.0 Å². The number of benzene rings is 1. The summed E-state index contributed by atoms with van der Waals surface area (Å²) in [7, 11) is -3.30. The van der Waals surface area contributed by atoms with Gasteiger partial charge in [0.05, 0.1) is 12.3 Å². The van der Waals surface area contributed by atoms with Crippen LogP contribution in [0.5, 0.6) is 0 Å². The molecule has 3 rings (SSSR count). The zero-order valence-corrected chi connectivity index (χ0v) is 12.2. The van der Waals surface area contributed by atoms with Crippen LogP contribution in [0.1, 0.15) is 17.0 Å². The Morgan fingerprint density at radius 2 is 2.05 bits per heavy atom. The molecule has 0 radical (unpaired) electrons. The molecule has 0 atom stereocenters. The topological polar surface area (TPSA) is 55.2 Å². The predicted molar refractivity (Wildman–Crippen MR) is 76.4 cm³/mol. The number of hydrogen-bond donors (Lipinski definition) is 0. The van der Waals surface area contributed by atoms with Gasteiger partial charge in [0.1, 0.15) is 5.82 Å². The van der Waals surface area contributed by atoms with Crippen molar-refractivity contribution in [3.63, 3.8) is 0 Å². The molecule has 0 aliphatic carbocycles. The van der Waals surface area contributed by atoms with Crippen molar-refractivity contribution in [1.82, 2.24) is 13.9 Å². The fourth-order valence-corrected chi connectivity index (χ4v) is 4.02. The van der Waals surface area contributed by atoms with Crippen molar-refractivity contribution in [2.45, 2.75) is 25.8 Å². The molecule has 0 saturated carbocycles. The second-order valence-corrected chi connectivity index (χ2v) is 7.02. The molecule has 0 amide bonds. The zero-order chi connectivity index (χ0) is 14.2. The Bertz CT molecular complexity index is 722. The summed E-state index contributed by atoms with van der Waals surface area (Å²) in [6, 6.07) is 7.61. The van der Waals surface area contributed by atoms with Crippen LogP contribution in [-0.2, 0) is 28.9 Å². The molecule has 5 nitrogen and oxygen atoms in total. The Balaban J connectivity index is 1.82. The minimum Gasteiger partial charge on any atom is -0.333 e. The summed E-state index contributed by atoms with van der Waals surface area (Å²) in [4.78, 5) is 4.20. The lowest BCUT2D eigenvalue weighted by Crippen LogP contribution is -2.38. The largest absolute Gasteiger partial charge is 0.333 e. The third-order valence-electron chi connectivity index (χ3n) is 3.70. The van der Waals surface area contributed by atoms with Gasteiger partial charge in [-0.2, -0.15) is 4.31 Å². The molecule has 0 bridgehead atoms. The van der Waals surface area contributed by atoms with E-state index in [1.165, 1.54) is 4.31 Å². The third kappa shape index (κ3) is 2.48. The Morgan fingerprint density at radius 1 is 1.25 bits per heavy atom. The Labute approximate surface area is 118 Å². The first kappa shape index (κ1) is 13.3. The molecule has 1 aromatic carbocycles. The Kier molecular flexibility index (Phi) is 3.35. The van der Waals surface area contributed by atoms with Crippen molar-refractivity contribution in [3.8, 4) is 0 Å². The normalized spacial score (nSPS) is 16.1. The maximum Gasteiger partial charge on any atom is 0.218 e. The molecule has 0 saturated heterocycles. The monoisotopic (exact) mass is 291 g/mol. The lowest BCUT2D eigenvalue weighted by Gasteiger charge is -2.27. The van der Waals surface area contributed by atoms with Crippen molar-refractivity contribution in [3.05, 3.63) is 53.6 Å². The quantitative estimate of drug-likeness (QED) is 0.862. The van der Waals surface area contributed by atoms with E-state index in [0.717, 1.165) is 17.0 Å². The van der Waals surface area contributed by atoms with Crippen LogP contribution < -0.4 is 0 Å². The van der Waals surface area contributed by atoms with Gasteiger partial charge in [-0.1, -0.05) is 24.3 Å². The number of rotatable bonds is 3. The number of imidazole rings is 1. The Hall–Kier alpha value is -1.66. The Morgan fingerprint density at radius 3 is 2.85 bits per heavy atom. The SMILES string of the molecule is Cc1ccccc1CS(=O)(=O)N1CCn2ccnc2C1. The summed E-state index contributed by atoms with van der Waals surface area (Å²) in [6.07, 6.45) is 3.60. The molecule has 1 aliphatic rings. The summed E-state index contributed by atoms with van der Waals surface area (Å²) in [5.41, 5.74) is 1.87. The molecule has 6 heteroatoms. The van der Waals surface area contributed by atoms with Crippen LogP contribution in [0.4, 0.5) is 0 Å². The summed E-state index contributed by atoms with van der Waals surface area (Å²) in [5.74, 6) is 0.866. The third-order valence-corrected chi connectivity index (χ3v) is 5.48. The van der Waals surface area contributed by atoms with Crippen molar-refractivity contribution < 1.29 is 8.42 Å². The van der Waals surface area contributed by atoms with E-state index in [4.69, 9.17) is 0 Å². The van der Waals surface area contributed by atoms with Crippen molar-refractivity contribution in [2.75, 3.05) is 6.54 Å². The van der Waals surface area contributed by atoms with Crippen molar-refractivity contribution in [2.24, 2.45) is 0 Å². The average Bonchev–Trinajstić information content (AvgIpc) is 2.88. The van der Waals surface area contributed by atoms with Gasteiger partial charge in [-0.25, -0.2) is 13.4 Å². The molecule has 2 aromatic rings. The van der Waals surface area contributed by atoms with Crippen molar-refractivity contribution in [1.29, 1.82) is 0 Å². The summed E-state index contributed by atoms with van der Waals surface area (Å²) in [5, 5.41) is 0. The lowest BCUT2D eigenvalue weighted by atomic mass is 10.1. The highest BCUT2D eigenvalue weighted by molar-refractivity contribution is 7.88. The van der Waals surface area contributed by atoms with E-state index in [2.05, 4.69) is 4.98 Å². The molecule has 1 aliphatic heterocycles. The second-order valence-electron chi connectivity index (χ2n) is 5.05. The number of sulfonamides is 1. The highest BCUT2D eigenvalue weighted by atomic mass is 32.2. The second kappa shape index (κ2) is 5.03. The number of nitrogens with zero attached hydrogens (tertiary/aromatic N) is 3. The molecular weight excluding hydrogens is 274 g/mol.